The van der Waals surface area contributed by atoms with E-state index in [1.807, 2.05) is 17.7 Å². The lowest BCUT2D eigenvalue weighted by atomic mass is 10.1. The van der Waals surface area contributed by atoms with Crippen LogP contribution >= 0.6 is 0 Å². The lowest BCUT2D eigenvalue weighted by Gasteiger charge is -2.11. The Hall–Kier alpha value is -1.75. The van der Waals surface area contributed by atoms with E-state index in [2.05, 4.69) is 9.97 Å². The summed E-state index contributed by atoms with van der Waals surface area (Å²) in [6.45, 7) is 2.76. The van der Waals surface area contributed by atoms with Crippen molar-refractivity contribution in [3.63, 3.8) is 0 Å². The molecule has 90 valence electrons. The highest BCUT2D eigenvalue weighted by Crippen LogP contribution is 2.17. The van der Waals surface area contributed by atoms with E-state index >= 15 is 0 Å². The van der Waals surface area contributed by atoms with Crippen LogP contribution < -0.4 is 0 Å². The maximum atomic E-state index is 13.4. The number of halogens is 1. The fraction of sp³-hybridized carbons (Fsp3) is 0.333. The first-order valence-corrected chi connectivity index (χ1v) is 5.51. The molecule has 2 rings (SSSR count). The molecule has 1 N–H and O–H groups in total. The third kappa shape index (κ3) is 2.50. The Labute approximate surface area is 98.8 Å². The molecule has 0 aromatic carbocycles. The molecular formula is C12H14FN3O. The number of aliphatic hydroxyl groups excluding tert-OH is 1. The van der Waals surface area contributed by atoms with Crippen molar-refractivity contribution >= 4 is 0 Å². The molecule has 1 atom stereocenters. The molecule has 2 aromatic rings. The summed E-state index contributed by atoms with van der Waals surface area (Å²) in [5.41, 5.74) is 0.0677. The van der Waals surface area contributed by atoms with E-state index in [0.29, 0.717) is 0 Å². The average molecular weight is 235 g/mol. The highest BCUT2D eigenvalue weighted by molar-refractivity contribution is 5.11. The largest absolute Gasteiger partial charge is 0.386 e. The van der Waals surface area contributed by atoms with E-state index in [-0.39, 0.29) is 12.1 Å². The number of aryl methyl sites for hydroxylation is 1. The summed E-state index contributed by atoms with van der Waals surface area (Å²) in [7, 11) is 0. The molecule has 5 heteroatoms. The van der Waals surface area contributed by atoms with Gasteiger partial charge in [-0.15, -0.1) is 0 Å². The Morgan fingerprint density at radius 3 is 2.94 bits per heavy atom. The van der Waals surface area contributed by atoms with Gasteiger partial charge in [0.2, 0.25) is 0 Å². The van der Waals surface area contributed by atoms with Gasteiger partial charge in [0.05, 0.1) is 0 Å². The summed E-state index contributed by atoms with van der Waals surface area (Å²) in [5.74, 6) is 0.236. The first kappa shape index (κ1) is 11.7. The monoisotopic (exact) mass is 235 g/mol. The van der Waals surface area contributed by atoms with Crippen molar-refractivity contribution in [2.75, 3.05) is 0 Å². The Bertz CT molecular complexity index is 498. The van der Waals surface area contributed by atoms with Gasteiger partial charge in [0.25, 0.3) is 0 Å². The second kappa shape index (κ2) is 5.05. The van der Waals surface area contributed by atoms with Crippen LogP contribution in [0.3, 0.4) is 0 Å². The van der Waals surface area contributed by atoms with Gasteiger partial charge in [-0.25, -0.2) is 9.37 Å². The highest BCUT2D eigenvalue weighted by Gasteiger charge is 2.16. The molecule has 0 saturated carbocycles. The van der Waals surface area contributed by atoms with Crippen molar-refractivity contribution < 1.29 is 9.50 Å². The first-order chi connectivity index (χ1) is 8.22. The molecule has 1 unspecified atom stereocenters. The standard InChI is InChI=1S/C12H14FN3O/c1-2-16-7-6-14-11(16)8-10(17)12-9(13)4-3-5-15-12/h3-7,10,17H,2,8H2,1H3. The van der Waals surface area contributed by atoms with Crippen LogP contribution in [-0.2, 0) is 13.0 Å². The average Bonchev–Trinajstić information content (AvgIpc) is 2.76. The molecule has 0 radical (unpaired) electrons. The van der Waals surface area contributed by atoms with Crippen LogP contribution in [0, 0.1) is 5.82 Å². The van der Waals surface area contributed by atoms with Crippen molar-refractivity contribution in [3.05, 3.63) is 48.1 Å². The van der Waals surface area contributed by atoms with Gasteiger partial charge in [-0.3, -0.25) is 4.98 Å². The summed E-state index contributed by atoms with van der Waals surface area (Å²) in [6.07, 6.45) is 4.25. The van der Waals surface area contributed by atoms with Crippen LogP contribution in [0.5, 0.6) is 0 Å². The van der Waals surface area contributed by atoms with E-state index in [9.17, 15) is 9.50 Å². The SMILES string of the molecule is CCn1ccnc1CC(O)c1ncccc1F. The topological polar surface area (TPSA) is 50.9 Å². The minimum absolute atomic E-state index is 0.0677. The number of pyridine rings is 1. The minimum atomic E-state index is -0.969. The van der Waals surface area contributed by atoms with Gasteiger partial charge in [-0.2, -0.15) is 0 Å². The van der Waals surface area contributed by atoms with Crippen LogP contribution in [0.2, 0.25) is 0 Å². The van der Waals surface area contributed by atoms with Crippen molar-refractivity contribution in [1.82, 2.24) is 14.5 Å². The Kier molecular flexibility index (Phi) is 3.49. The van der Waals surface area contributed by atoms with Crippen molar-refractivity contribution in [3.8, 4) is 0 Å². The zero-order valence-corrected chi connectivity index (χ0v) is 9.55. The number of hydrogen-bond donors (Lipinski definition) is 1. The molecule has 4 nitrogen and oxygen atoms in total. The lowest BCUT2D eigenvalue weighted by Crippen LogP contribution is -2.11. The molecular weight excluding hydrogens is 221 g/mol. The molecule has 0 bridgehead atoms. The zero-order valence-electron chi connectivity index (χ0n) is 9.55. The van der Waals surface area contributed by atoms with Gasteiger partial charge in [0, 0.05) is 31.6 Å². The molecule has 2 heterocycles. The van der Waals surface area contributed by atoms with Crippen molar-refractivity contribution in [2.24, 2.45) is 0 Å². The molecule has 0 saturated heterocycles. The maximum Gasteiger partial charge on any atom is 0.147 e. The van der Waals surface area contributed by atoms with E-state index < -0.39 is 11.9 Å². The van der Waals surface area contributed by atoms with Gasteiger partial charge in [-0.1, -0.05) is 0 Å². The van der Waals surface area contributed by atoms with Gasteiger partial charge in [-0.05, 0) is 19.1 Å². The van der Waals surface area contributed by atoms with Crippen molar-refractivity contribution in [1.29, 1.82) is 0 Å². The summed E-state index contributed by atoms with van der Waals surface area (Å²) in [5, 5.41) is 9.94. The van der Waals surface area contributed by atoms with E-state index in [1.165, 1.54) is 18.3 Å². The highest BCUT2D eigenvalue weighted by atomic mass is 19.1. The lowest BCUT2D eigenvalue weighted by molar-refractivity contribution is 0.164. The third-order valence-corrected chi connectivity index (χ3v) is 2.62. The predicted molar refractivity (Wildman–Crippen MR) is 60.8 cm³/mol. The van der Waals surface area contributed by atoms with Gasteiger partial charge in [0.1, 0.15) is 23.4 Å². The number of hydrogen-bond acceptors (Lipinski definition) is 3. The second-order valence-corrected chi connectivity index (χ2v) is 3.72. The number of aliphatic hydroxyl groups is 1. The first-order valence-electron chi connectivity index (χ1n) is 5.51. The summed E-state index contributed by atoms with van der Waals surface area (Å²) in [4.78, 5) is 7.99. The van der Waals surface area contributed by atoms with Crippen LogP contribution in [0.1, 0.15) is 24.5 Å². The maximum absolute atomic E-state index is 13.4. The van der Waals surface area contributed by atoms with E-state index in [4.69, 9.17) is 0 Å². The van der Waals surface area contributed by atoms with E-state index in [1.54, 1.807) is 6.20 Å². The summed E-state index contributed by atoms with van der Waals surface area (Å²) < 4.78 is 15.3. The minimum Gasteiger partial charge on any atom is -0.386 e. The number of imidazole rings is 1. The molecule has 0 amide bonds. The van der Waals surface area contributed by atoms with E-state index in [0.717, 1.165) is 12.4 Å². The molecule has 0 spiro atoms. The second-order valence-electron chi connectivity index (χ2n) is 3.72. The normalized spacial score (nSPS) is 12.6. The van der Waals surface area contributed by atoms with Crippen LogP contribution in [0.25, 0.3) is 0 Å². The summed E-state index contributed by atoms with van der Waals surface area (Å²) in [6, 6.07) is 2.79. The zero-order chi connectivity index (χ0) is 12.3. The Morgan fingerprint density at radius 2 is 2.24 bits per heavy atom. The van der Waals surface area contributed by atoms with Crippen LogP contribution in [-0.4, -0.2) is 19.6 Å². The quantitative estimate of drug-likeness (QED) is 0.877. The fourth-order valence-corrected chi connectivity index (χ4v) is 1.73. The molecule has 0 aliphatic rings. The fourth-order valence-electron chi connectivity index (χ4n) is 1.73. The van der Waals surface area contributed by atoms with Gasteiger partial charge < -0.3 is 9.67 Å². The van der Waals surface area contributed by atoms with Crippen LogP contribution in [0.15, 0.2) is 30.7 Å². The number of nitrogens with zero attached hydrogens (tertiary/aromatic N) is 3. The smallest absolute Gasteiger partial charge is 0.147 e. The van der Waals surface area contributed by atoms with Crippen LogP contribution in [0.4, 0.5) is 4.39 Å². The third-order valence-electron chi connectivity index (χ3n) is 2.62. The van der Waals surface area contributed by atoms with Crippen molar-refractivity contribution in [2.45, 2.75) is 26.0 Å². The molecule has 17 heavy (non-hydrogen) atoms. The molecule has 0 aliphatic carbocycles. The predicted octanol–water partition coefficient (Wildman–Crippen LogP) is 1.71. The van der Waals surface area contributed by atoms with Gasteiger partial charge in [0.15, 0.2) is 0 Å². The molecule has 2 aromatic heterocycles. The molecule has 0 fully saturated rings. The Morgan fingerprint density at radius 1 is 1.41 bits per heavy atom. The molecule has 0 aliphatic heterocycles. The summed E-state index contributed by atoms with van der Waals surface area (Å²) >= 11 is 0. The van der Waals surface area contributed by atoms with Gasteiger partial charge >= 0.3 is 0 Å². The number of rotatable bonds is 4. The number of aromatic nitrogens is 3. The Balaban J connectivity index is 2.17.